The average molecular weight is 324 g/mol. The summed E-state index contributed by atoms with van der Waals surface area (Å²) in [6.07, 6.45) is 1.76. The fraction of sp³-hybridized carbons (Fsp3) is 0.545. The highest BCUT2D eigenvalue weighted by Crippen LogP contribution is 2.34. The Morgan fingerprint density at radius 3 is 2.74 bits per heavy atom. The summed E-state index contributed by atoms with van der Waals surface area (Å²) in [7, 11) is -3.77. The van der Waals surface area contributed by atoms with Crippen LogP contribution in [-0.2, 0) is 14.8 Å². The molecule has 0 saturated carbocycles. The first-order chi connectivity index (χ1) is 8.84. The molecule has 106 valence electrons. The minimum Gasteiger partial charge on any atom is -0.480 e. The summed E-state index contributed by atoms with van der Waals surface area (Å²) in [6, 6.07) is 0.524. The second kappa shape index (κ2) is 5.40. The Labute approximate surface area is 120 Å². The van der Waals surface area contributed by atoms with Crippen molar-refractivity contribution in [1.29, 1.82) is 0 Å². The molecule has 0 aromatic carbocycles. The van der Waals surface area contributed by atoms with Crippen molar-refractivity contribution < 1.29 is 18.3 Å². The van der Waals surface area contributed by atoms with Crippen molar-refractivity contribution in [3.8, 4) is 0 Å². The highest BCUT2D eigenvalue weighted by atomic mass is 35.5. The molecule has 1 aliphatic heterocycles. The van der Waals surface area contributed by atoms with E-state index in [0.29, 0.717) is 22.7 Å². The topological polar surface area (TPSA) is 74.7 Å². The monoisotopic (exact) mass is 323 g/mol. The molecule has 1 saturated heterocycles. The molecule has 0 radical (unpaired) electrons. The van der Waals surface area contributed by atoms with Gasteiger partial charge in [-0.3, -0.25) is 4.79 Å². The third-order valence-corrected chi connectivity index (χ3v) is 7.05. The van der Waals surface area contributed by atoms with Crippen LogP contribution >= 0.6 is 22.9 Å². The van der Waals surface area contributed by atoms with Crippen LogP contribution in [0.15, 0.2) is 10.3 Å². The van der Waals surface area contributed by atoms with Gasteiger partial charge in [0.25, 0.3) is 10.0 Å². The van der Waals surface area contributed by atoms with Gasteiger partial charge in [0.2, 0.25) is 0 Å². The van der Waals surface area contributed by atoms with Gasteiger partial charge in [-0.15, -0.1) is 11.3 Å². The third-order valence-electron chi connectivity index (χ3n) is 3.14. The minimum absolute atomic E-state index is 0.114. The van der Waals surface area contributed by atoms with Gasteiger partial charge in [0, 0.05) is 6.54 Å². The normalized spacial score (nSPS) is 21.5. The van der Waals surface area contributed by atoms with Crippen LogP contribution < -0.4 is 0 Å². The second-order valence-electron chi connectivity index (χ2n) is 4.49. The van der Waals surface area contributed by atoms with E-state index in [1.54, 1.807) is 6.92 Å². The summed E-state index contributed by atoms with van der Waals surface area (Å²) in [5, 5.41) is 9.15. The molecule has 5 nitrogen and oxygen atoms in total. The van der Waals surface area contributed by atoms with Gasteiger partial charge in [0.1, 0.15) is 10.3 Å². The first-order valence-corrected chi connectivity index (χ1v) is 8.48. The molecule has 1 aromatic heterocycles. The van der Waals surface area contributed by atoms with Crippen molar-refractivity contribution in [2.75, 3.05) is 6.54 Å². The van der Waals surface area contributed by atoms with Crippen molar-refractivity contribution in [3.05, 3.63) is 16.0 Å². The Bertz CT molecular complexity index is 576. The standard InChI is InChI=1S/C11H14ClNO4S2/c1-7-6-9(18-10(7)12)19(16,17)13-5-3-2-4-8(13)11(14)15/h6,8H,2-5H2,1H3,(H,14,15)/t8-/m0/s1. The molecular weight excluding hydrogens is 310 g/mol. The first-order valence-electron chi connectivity index (χ1n) is 5.84. The van der Waals surface area contributed by atoms with Crippen LogP contribution in [0.25, 0.3) is 0 Å². The molecule has 1 N–H and O–H groups in total. The summed E-state index contributed by atoms with van der Waals surface area (Å²) in [4.78, 5) is 11.2. The highest BCUT2D eigenvalue weighted by molar-refractivity contribution is 7.91. The van der Waals surface area contributed by atoms with Crippen molar-refractivity contribution in [2.45, 2.75) is 36.4 Å². The van der Waals surface area contributed by atoms with Gasteiger partial charge in [-0.25, -0.2) is 8.42 Å². The largest absolute Gasteiger partial charge is 0.480 e. The number of thiophene rings is 1. The fourth-order valence-electron chi connectivity index (χ4n) is 2.11. The maximum atomic E-state index is 12.5. The molecule has 2 heterocycles. The Hall–Kier alpha value is -0.630. The number of carbonyl (C=O) groups is 1. The van der Waals surface area contributed by atoms with Gasteiger partial charge < -0.3 is 5.11 Å². The number of carboxylic acid groups (broad SMARTS) is 1. The van der Waals surface area contributed by atoms with E-state index in [2.05, 4.69) is 0 Å². The fourth-order valence-corrected chi connectivity index (χ4v) is 5.60. The smallest absolute Gasteiger partial charge is 0.322 e. The van der Waals surface area contributed by atoms with Crippen LogP contribution in [0.2, 0.25) is 4.34 Å². The molecule has 0 spiro atoms. The number of halogens is 1. The quantitative estimate of drug-likeness (QED) is 0.926. The molecule has 1 aromatic rings. The SMILES string of the molecule is Cc1cc(S(=O)(=O)N2CCCC[C@H]2C(=O)O)sc1Cl. The number of hydrogen-bond donors (Lipinski definition) is 1. The first kappa shape index (κ1) is 14.8. The Morgan fingerprint density at radius 1 is 1.53 bits per heavy atom. The molecule has 19 heavy (non-hydrogen) atoms. The van der Waals surface area contributed by atoms with Gasteiger partial charge >= 0.3 is 5.97 Å². The lowest BCUT2D eigenvalue weighted by Crippen LogP contribution is -2.47. The Balaban J connectivity index is 2.39. The molecule has 0 aliphatic carbocycles. The minimum atomic E-state index is -3.77. The van der Waals surface area contributed by atoms with Gasteiger partial charge in [-0.2, -0.15) is 4.31 Å². The molecule has 0 unspecified atom stereocenters. The molecule has 0 amide bonds. The Morgan fingerprint density at radius 2 is 2.21 bits per heavy atom. The van der Waals surface area contributed by atoms with Crippen LogP contribution in [-0.4, -0.2) is 36.4 Å². The summed E-state index contributed by atoms with van der Waals surface area (Å²) >= 11 is 6.86. The molecule has 1 aliphatic rings. The molecule has 8 heteroatoms. The lowest BCUT2D eigenvalue weighted by molar-refractivity contribution is -0.142. The predicted molar refractivity (Wildman–Crippen MR) is 73.2 cm³/mol. The number of rotatable bonds is 3. The van der Waals surface area contributed by atoms with Crippen LogP contribution in [0, 0.1) is 6.92 Å². The number of piperidine rings is 1. The number of sulfonamides is 1. The van der Waals surface area contributed by atoms with E-state index in [9.17, 15) is 13.2 Å². The highest BCUT2D eigenvalue weighted by Gasteiger charge is 2.38. The summed E-state index contributed by atoms with van der Waals surface area (Å²) < 4.78 is 26.6. The zero-order valence-corrected chi connectivity index (χ0v) is 12.7. The number of carboxylic acids is 1. The maximum Gasteiger partial charge on any atom is 0.322 e. The van der Waals surface area contributed by atoms with Crippen LogP contribution in [0.1, 0.15) is 24.8 Å². The molecule has 1 atom stereocenters. The van der Waals surface area contributed by atoms with E-state index in [1.807, 2.05) is 0 Å². The van der Waals surface area contributed by atoms with E-state index >= 15 is 0 Å². The molecule has 1 fully saturated rings. The number of nitrogens with zero attached hydrogens (tertiary/aromatic N) is 1. The maximum absolute atomic E-state index is 12.5. The average Bonchev–Trinajstić information content (AvgIpc) is 2.70. The summed E-state index contributed by atoms with van der Waals surface area (Å²) in [5.74, 6) is -1.09. The van der Waals surface area contributed by atoms with Crippen LogP contribution in [0.5, 0.6) is 0 Å². The van der Waals surface area contributed by atoms with E-state index in [1.165, 1.54) is 6.07 Å². The van der Waals surface area contributed by atoms with Crippen molar-refractivity contribution in [3.63, 3.8) is 0 Å². The van der Waals surface area contributed by atoms with Gasteiger partial charge in [0.15, 0.2) is 0 Å². The predicted octanol–water partition coefficient (Wildman–Crippen LogP) is 2.34. The zero-order valence-electron chi connectivity index (χ0n) is 10.3. The molecule has 2 rings (SSSR count). The van der Waals surface area contributed by atoms with E-state index < -0.39 is 22.0 Å². The van der Waals surface area contributed by atoms with E-state index in [-0.39, 0.29) is 10.8 Å². The second-order valence-corrected chi connectivity index (χ2v) is 8.26. The van der Waals surface area contributed by atoms with Crippen molar-refractivity contribution in [1.82, 2.24) is 4.31 Å². The summed E-state index contributed by atoms with van der Waals surface area (Å²) in [5.41, 5.74) is 0.689. The van der Waals surface area contributed by atoms with Gasteiger partial charge in [0.05, 0.1) is 4.34 Å². The zero-order chi connectivity index (χ0) is 14.2. The molecular formula is C11H14ClNO4S2. The van der Waals surface area contributed by atoms with Crippen LogP contribution in [0.4, 0.5) is 0 Å². The number of hydrogen-bond acceptors (Lipinski definition) is 4. The van der Waals surface area contributed by atoms with E-state index in [4.69, 9.17) is 16.7 Å². The van der Waals surface area contributed by atoms with Crippen LogP contribution in [0.3, 0.4) is 0 Å². The lowest BCUT2D eigenvalue weighted by atomic mass is 10.1. The number of aliphatic carboxylic acids is 1. The third kappa shape index (κ3) is 2.79. The van der Waals surface area contributed by atoms with Crippen molar-refractivity contribution >= 4 is 38.9 Å². The summed E-state index contributed by atoms with van der Waals surface area (Å²) in [6.45, 7) is 1.97. The van der Waals surface area contributed by atoms with Gasteiger partial charge in [-0.05, 0) is 37.8 Å². The van der Waals surface area contributed by atoms with E-state index in [0.717, 1.165) is 22.1 Å². The Kier molecular flexibility index (Phi) is 4.20. The molecule has 0 bridgehead atoms. The van der Waals surface area contributed by atoms with Crippen molar-refractivity contribution in [2.24, 2.45) is 0 Å². The lowest BCUT2D eigenvalue weighted by Gasteiger charge is -2.31. The number of aryl methyl sites for hydroxylation is 1. The van der Waals surface area contributed by atoms with Gasteiger partial charge in [-0.1, -0.05) is 11.6 Å².